The van der Waals surface area contributed by atoms with Crippen LogP contribution in [-0.2, 0) is 0 Å². The molecule has 2 aromatic carbocycles. The number of alkyl halides is 3. The van der Waals surface area contributed by atoms with E-state index in [9.17, 15) is 13.2 Å². The Bertz CT molecular complexity index is 675. The standard InChI is InChI=1S/C14H11Br2F3N2O/c15-8-5-10(13(21)11(16)6-8)12(20)7-1-3-9(4-2-7)22-14(17,18)19/h1-6,12H,20-21H2/t12-/m1/s1. The minimum absolute atomic E-state index is 0.299. The van der Waals surface area contributed by atoms with Gasteiger partial charge in [-0.25, -0.2) is 0 Å². The second kappa shape index (κ2) is 6.47. The first-order valence-electron chi connectivity index (χ1n) is 6.03. The van der Waals surface area contributed by atoms with E-state index in [-0.39, 0.29) is 5.75 Å². The molecule has 0 spiro atoms. The van der Waals surface area contributed by atoms with Crippen molar-refractivity contribution >= 4 is 37.5 Å². The molecular formula is C14H11Br2F3N2O. The Kier molecular flexibility index (Phi) is 5.03. The van der Waals surface area contributed by atoms with E-state index < -0.39 is 12.4 Å². The molecule has 0 amide bonds. The average molecular weight is 440 g/mol. The second-order valence-corrected chi connectivity index (χ2v) is 6.26. The van der Waals surface area contributed by atoms with Crippen molar-refractivity contribution in [2.24, 2.45) is 5.73 Å². The van der Waals surface area contributed by atoms with Gasteiger partial charge in [0.05, 0.1) is 11.7 Å². The van der Waals surface area contributed by atoms with Gasteiger partial charge in [0.2, 0.25) is 0 Å². The van der Waals surface area contributed by atoms with E-state index in [1.54, 1.807) is 12.1 Å². The van der Waals surface area contributed by atoms with Crippen molar-refractivity contribution in [3.8, 4) is 5.75 Å². The zero-order chi connectivity index (χ0) is 16.5. The predicted molar refractivity (Wildman–Crippen MR) is 85.4 cm³/mol. The number of hydrogen-bond donors (Lipinski definition) is 2. The predicted octanol–water partition coefficient (Wildman–Crippen LogP) is 4.74. The summed E-state index contributed by atoms with van der Waals surface area (Å²) >= 11 is 6.67. The summed E-state index contributed by atoms with van der Waals surface area (Å²) in [7, 11) is 0. The van der Waals surface area contributed by atoms with Crippen molar-refractivity contribution in [2.75, 3.05) is 5.73 Å². The first-order chi connectivity index (χ1) is 10.2. The van der Waals surface area contributed by atoms with Gasteiger partial charge in [0.1, 0.15) is 5.75 Å². The van der Waals surface area contributed by atoms with E-state index in [0.717, 1.165) is 4.47 Å². The monoisotopic (exact) mass is 438 g/mol. The highest BCUT2D eigenvalue weighted by Crippen LogP contribution is 2.34. The van der Waals surface area contributed by atoms with Crippen LogP contribution in [0.15, 0.2) is 45.3 Å². The van der Waals surface area contributed by atoms with E-state index in [4.69, 9.17) is 11.5 Å². The molecule has 2 aromatic rings. The fourth-order valence-corrected chi connectivity index (χ4v) is 3.18. The van der Waals surface area contributed by atoms with Crippen molar-refractivity contribution in [1.29, 1.82) is 0 Å². The smallest absolute Gasteiger partial charge is 0.406 e. The van der Waals surface area contributed by atoms with Crippen LogP contribution >= 0.6 is 31.9 Å². The first kappa shape index (κ1) is 17.1. The van der Waals surface area contributed by atoms with Crippen molar-refractivity contribution in [2.45, 2.75) is 12.4 Å². The molecule has 3 nitrogen and oxygen atoms in total. The molecule has 0 saturated carbocycles. The highest BCUT2D eigenvalue weighted by atomic mass is 79.9. The Morgan fingerprint density at radius 2 is 1.64 bits per heavy atom. The molecule has 0 unspecified atom stereocenters. The van der Waals surface area contributed by atoms with E-state index in [1.807, 2.05) is 0 Å². The van der Waals surface area contributed by atoms with Gasteiger partial charge in [-0.15, -0.1) is 13.2 Å². The Hall–Kier alpha value is -1.25. The maximum Gasteiger partial charge on any atom is 0.573 e. The van der Waals surface area contributed by atoms with Crippen molar-refractivity contribution in [3.63, 3.8) is 0 Å². The summed E-state index contributed by atoms with van der Waals surface area (Å²) in [5.74, 6) is -0.299. The van der Waals surface area contributed by atoms with Crippen LogP contribution in [0.2, 0.25) is 0 Å². The molecule has 0 saturated heterocycles. The molecule has 1 atom stereocenters. The van der Waals surface area contributed by atoms with Gasteiger partial charge < -0.3 is 16.2 Å². The van der Waals surface area contributed by atoms with Crippen LogP contribution in [0.25, 0.3) is 0 Å². The number of rotatable bonds is 3. The van der Waals surface area contributed by atoms with Crippen LogP contribution in [0.5, 0.6) is 5.75 Å². The summed E-state index contributed by atoms with van der Waals surface area (Å²) in [6.45, 7) is 0. The van der Waals surface area contributed by atoms with E-state index in [2.05, 4.69) is 36.6 Å². The summed E-state index contributed by atoms with van der Waals surface area (Å²) in [5, 5.41) is 0. The van der Waals surface area contributed by atoms with Gasteiger partial charge in [-0.1, -0.05) is 28.1 Å². The highest BCUT2D eigenvalue weighted by molar-refractivity contribution is 9.11. The minimum atomic E-state index is -4.72. The minimum Gasteiger partial charge on any atom is -0.406 e. The number of nitrogens with two attached hydrogens (primary N) is 2. The van der Waals surface area contributed by atoms with Gasteiger partial charge in [-0.05, 0) is 51.3 Å². The topological polar surface area (TPSA) is 61.3 Å². The molecule has 0 fully saturated rings. The lowest BCUT2D eigenvalue weighted by Crippen LogP contribution is -2.17. The number of halogens is 5. The largest absolute Gasteiger partial charge is 0.573 e. The summed E-state index contributed by atoms with van der Waals surface area (Å²) in [6.07, 6.45) is -4.72. The van der Waals surface area contributed by atoms with Gasteiger partial charge >= 0.3 is 6.36 Å². The van der Waals surface area contributed by atoms with Crippen molar-refractivity contribution in [1.82, 2.24) is 0 Å². The van der Waals surface area contributed by atoms with Crippen molar-refractivity contribution in [3.05, 3.63) is 56.5 Å². The van der Waals surface area contributed by atoms with Gasteiger partial charge in [0, 0.05) is 8.95 Å². The fraction of sp³-hybridized carbons (Fsp3) is 0.143. The number of anilines is 1. The zero-order valence-corrected chi connectivity index (χ0v) is 14.2. The van der Waals surface area contributed by atoms with Crippen molar-refractivity contribution < 1.29 is 17.9 Å². The second-order valence-electron chi connectivity index (χ2n) is 4.49. The quantitative estimate of drug-likeness (QED) is 0.679. The van der Waals surface area contributed by atoms with Crippen LogP contribution in [0.1, 0.15) is 17.2 Å². The maximum absolute atomic E-state index is 12.1. The van der Waals surface area contributed by atoms with E-state index in [0.29, 0.717) is 21.3 Å². The Morgan fingerprint density at radius 1 is 1.05 bits per heavy atom. The Morgan fingerprint density at radius 3 is 2.18 bits per heavy atom. The van der Waals surface area contributed by atoms with Crippen LogP contribution in [-0.4, -0.2) is 6.36 Å². The Labute approximate surface area is 141 Å². The average Bonchev–Trinajstić information content (AvgIpc) is 2.41. The highest BCUT2D eigenvalue weighted by Gasteiger charge is 2.31. The summed E-state index contributed by atoms with van der Waals surface area (Å²) in [6, 6.07) is 8.35. The molecular weight excluding hydrogens is 429 g/mol. The molecule has 2 rings (SSSR count). The maximum atomic E-state index is 12.1. The summed E-state index contributed by atoms with van der Waals surface area (Å²) in [5.41, 5.74) is 13.9. The molecule has 0 aliphatic carbocycles. The lowest BCUT2D eigenvalue weighted by atomic mass is 9.98. The molecule has 8 heteroatoms. The number of ether oxygens (including phenoxy) is 1. The molecule has 4 N–H and O–H groups in total. The molecule has 0 bridgehead atoms. The van der Waals surface area contributed by atoms with Crippen LogP contribution < -0.4 is 16.2 Å². The van der Waals surface area contributed by atoms with Gasteiger partial charge in [0.15, 0.2) is 0 Å². The third-order valence-corrected chi connectivity index (χ3v) is 4.05. The van der Waals surface area contributed by atoms with Gasteiger partial charge in [0.25, 0.3) is 0 Å². The lowest BCUT2D eigenvalue weighted by molar-refractivity contribution is -0.274. The molecule has 118 valence electrons. The summed E-state index contributed by atoms with van der Waals surface area (Å²) < 4.78 is 41.7. The molecule has 0 aliphatic heterocycles. The van der Waals surface area contributed by atoms with E-state index >= 15 is 0 Å². The van der Waals surface area contributed by atoms with Gasteiger partial charge in [-0.3, -0.25) is 0 Å². The number of nitrogen functional groups attached to an aromatic ring is 1. The number of hydrogen-bond acceptors (Lipinski definition) is 3. The zero-order valence-electron chi connectivity index (χ0n) is 11.0. The Balaban J connectivity index is 2.29. The summed E-state index contributed by atoms with van der Waals surface area (Å²) in [4.78, 5) is 0. The normalized spacial score (nSPS) is 13.0. The molecule has 0 radical (unpaired) electrons. The number of benzene rings is 2. The fourth-order valence-electron chi connectivity index (χ4n) is 1.92. The van der Waals surface area contributed by atoms with Crippen LogP contribution in [0.3, 0.4) is 0 Å². The van der Waals surface area contributed by atoms with E-state index in [1.165, 1.54) is 24.3 Å². The first-order valence-corrected chi connectivity index (χ1v) is 7.61. The molecule has 22 heavy (non-hydrogen) atoms. The third-order valence-electron chi connectivity index (χ3n) is 2.93. The third kappa shape index (κ3) is 4.15. The van der Waals surface area contributed by atoms with Gasteiger partial charge in [-0.2, -0.15) is 0 Å². The molecule has 0 aliphatic rings. The molecule has 0 aromatic heterocycles. The molecule has 0 heterocycles. The van der Waals surface area contributed by atoms with Crippen LogP contribution in [0.4, 0.5) is 18.9 Å². The SMILES string of the molecule is Nc1c(Br)cc(Br)cc1[C@H](N)c1ccc(OC(F)(F)F)cc1. The van der Waals surface area contributed by atoms with Crippen LogP contribution in [0, 0.1) is 0 Å². The lowest BCUT2D eigenvalue weighted by Gasteiger charge is -2.17.